The lowest BCUT2D eigenvalue weighted by molar-refractivity contribution is -0.144. The number of methoxy groups -OCH3 is 2. The van der Waals surface area contributed by atoms with E-state index in [2.05, 4.69) is 9.47 Å². The third-order valence-electron chi connectivity index (χ3n) is 2.54. The van der Waals surface area contributed by atoms with Gasteiger partial charge in [0.05, 0.1) is 14.2 Å². The first-order valence-electron chi connectivity index (χ1n) is 5.25. The molecule has 1 fully saturated rings. The summed E-state index contributed by atoms with van der Waals surface area (Å²) in [7, 11) is 2.48. The SMILES string of the molecule is COC(=O)C(=CC=C1CCCC1)C(=O)OC. The van der Waals surface area contributed by atoms with Gasteiger partial charge in [0.15, 0.2) is 0 Å². The largest absolute Gasteiger partial charge is 0.465 e. The van der Waals surface area contributed by atoms with Crippen molar-refractivity contribution in [3.8, 4) is 0 Å². The fourth-order valence-electron chi connectivity index (χ4n) is 1.64. The molecule has 1 saturated carbocycles. The van der Waals surface area contributed by atoms with Crippen LogP contribution in [0.1, 0.15) is 25.7 Å². The van der Waals surface area contributed by atoms with E-state index in [9.17, 15) is 9.59 Å². The second-order valence-corrected chi connectivity index (χ2v) is 3.60. The summed E-state index contributed by atoms with van der Waals surface area (Å²) < 4.78 is 9.03. The normalized spacial score (nSPS) is 14.2. The molecule has 0 aromatic heterocycles. The molecule has 0 aliphatic heterocycles. The Hall–Kier alpha value is -1.58. The lowest BCUT2D eigenvalue weighted by Gasteiger charge is -2.02. The summed E-state index contributed by atoms with van der Waals surface area (Å²) >= 11 is 0. The smallest absolute Gasteiger partial charge is 0.345 e. The van der Waals surface area contributed by atoms with Gasteiger partial charge in [-0.25, -0.2) is 9.59 Å². The van der Waals surface area contributed by atoms with Crippen LogP contribution >= 0.6 is 0 Å². The first-order chi connectivity index (χ1) is 7.69. The van der Waals surface area contributed by atoms with E-state index in [0.29, 0.717) is 0 Å². The molecule has 0 heterocycles. The van der Waals surface area contributed by atoms with E-state index < -0.39 is 11.9 Å². The van der Waals surface area contributed by atoms with Crippen LogP contribution in [0, 0.1) is 0 Å². The van der Waals surface area contributed by atoms with E-state index in [4.69, 9.17) is 0 Å². The molecule has 1 rings (SSSR count). The highest BCUT2D eigenvalue weighted by atomic mass is 16.5. The van der Waals surface area contributed by atoms with Crippen molar-refractivity contribution >= 4 is 11.9 Å². The Balaban J connectivity index is 2.82. The number of rotatable bonds is 3. The molecule has 1 aliphatic carbocycles. The molecule has 0 aromatic carbocycles. The van der Waals surface area contributed by atoms with Gasteiger partial charge in [-0.2, -0.15) is 0 Å². The quantitative estimate of drug-likeness (QED) is 0.317. The van der Waals surface area contributed by atoms with Gasteiger partial charge < -0.3 is 9.47 Å². The van der Waals surface area contributed by atoms with E-state index in [1.807, 2.05) is 6.08 Å². The molecule has 4 nitrogen and oxygen atoms in total. The number of esters is 2. The average molecular weight is 224 g/mol. The lowest BCUT2D eigenvalue weighted by atomic mass is 10.1. The van der Waals surface area contributed by atoms with Crippen LogP contribution in [0.5, 0.6) is 0 Å². The van der Waals surface area contributed by atoms with Crippen molar-refractivity contribution in [3.05, 3.63) is 23.3 Å². The third kappa shape index (κ3) is 3.22. The van der Waals surface area contributed by atoms with Gasteiger partial charge >= 0.3 is 11.9 Å². The maximum Gasteiger partial charge on any atom is 0.345 e. The zero-order valence-electron chi connectivity index (χ0n) is 9.62. The highest BCUT2D eigenvalue weighted by molar-refractivity contribution is 6.14. The van der Waals surface area contributed by atoms with Crippen LogP contribution in [0.2, 0.25) is 0 Å². The summed E-state index contributed by atoms with van der Waals surface area (Å²) in [4.78, 5) is 22.6. The van der Waals surface area contributed by atoms with E-state index >= 15 is 0 Å². The van der Waals surface area contributed by atoms with Crippen molar-refractivity contribution in [3.63, 3.8) is 0 Å². The molecule has 16 heavy (non-hydrogen) atoms. The van der Waals surface area contributed by atoms with Gasteiger partial charge in [-0.15, -0.1) is 0 Å². The highest BCUT2D eigenvalue weighted by Crippen LogP contribution is 2.23. The highest BCUT2D eigenvalue weighted by Gasteiger charge is 2.18. The second kappa shape index (κ2) is 6.10. The Morgan fingerprint density at radius 1 is 1.06 bits per heavy atom. The van der Waals surface area contributed by atoms with Gasteiger partial charge in [0.2, 0.25) is 0 Å². The summed E-state index contributed by atoms with van der Waals surface area (Å²) in [6.45, 7) is 0. The van der Waals surface area contributed by atoms with E-state index in [-0.39, 0.29) is 5.57 Å². The molecule has 0 unspecified atom stereocenters. The summed E-state index contributed by atoms with van der Waals surface area (Å²) in [5.74, 6) is -1.33. The Labute approximate surface area is 94.9 Å². The number of hydrogen-bond donors (Lipinski definition) is 0. The van der Waals surface area contributed by atoms with Crippen molar-refractivity contribution < 1.29 is 19.1 Å². The number of carbonyl (C=O) groups excluding carboxylic acids is 2. The maximum absolute atomic E-state index is 11.3. The minimum absolute atomic E-state index is 0.0654. The predicted molar refractivity (Wildman–Crippen MR) is 58.7 cm³/mol. The van der Waals surface area contributed by atoms with Crippen LogP contribution in [0.4, 0.5) is 0 Å². The van der Waals surface area contributed by atoms with Crippen molar-refractivity contribution in [1.82, 2.24) is 0 Å². The minimum Gasteiger partial charge on any atom is -0.465 e. The summed E-state index contributed by atoms with van der Waals surface area (Å²) in [5.41, 5.74) is 1.19. The Morgan fingerprint density at radius 2 is 1.56 bits per heavy atom. The van der Waals surface area contributed by atoms with Crippen LogP contribution in [0.3, 0.4) is 0 Å². The van der Waals surface area contributed by atoms with Gasteiger partial charge in [0, 0.05) is 0 Å². The molecule has 1 aliphatic rings. The van der Waals surface area contributed by atoms with Gasteiger partial charge in [-0.05, 0) is 31.8 Å². The number of carbonyl (C=O) groups is 2. The molecule has 0 amide bonds. The molecule has 88 valence electrons. The fraction of sp³-hybridized carbons (Fsp3) is 0.500. The molecule has 0 bridgehead atoms. The standard InChI is InChI=1S/C12H16O4/c1-15-11(13)10(12(14)16-2)8-7-9-5-3-4-6-9/h7-8H,3-6H2,1-2H3. The average Bonchev–Trinajstić information content (AvgIpc) is 2.81. The fourth-order valence-corrected chi connectivity index (χ4v) is 1.64. The van der Waals surface area contributed by atoms with Crippen LogP contribution in [-0.4, -0.2) is 26.2 Å². The van der Waals surface area contributed by atoms with Crippen molar-refractivity contribution in [2.45, 2.75) is 25.7 Å². The van der Waals surface area contributed by atoms with E-state index in [0.717, 1.165) is 12.8 Å². The molecule has 0 atom stereocenters. The number of hydrogen-bond acceptors (Lipinski definition) is 4. The first-order valence-corrected chi connectivity index (χ1v) is 5.25. The van der Waals surface area contributed by atoms with Crippen LogP contribution in [0.15, 0.2) is 23.3 Å². The number of ether oxygens (including phenoxy) is 2. The summed E-state index contributed by atoms with van der Waals surface area (Å²) in [6.07, 6.45) is 7.71. The van der Waals surface area contributed by atoms with Crippen LogP contribution in [0.25, 0.3) is 0 Å². The van der Waals surface area contributed by atoms with Crippen LogP contribution in [-0.2, 0) is 19.1 Å². The molecule has 0 N–H and O–H groups in total. The maximum atomic E-state index is 11.3. The van der Waals surface area contributed by atoms with E-state index in [1.54, 1.807) is 0 Å². The second-order valence-electron chi connectivity index (χ2n) is 3.60. The zero-order valence-corrected chi connectivity index (χ0v) is 9.62. The van der Waals surface area contributed by atoms with Crippen molar-refractivity contribution in [1.29, 1.82) is 0 Å². The Morgan fingerprint density at radius 3 is 2.00 bits per heavy atom. The molecule has 0 spiro atoms. The van der Waals surface area contributed by atoms with Gasteiger partial charge in [0.1, 0.15) is 5.57 Å². The third-order valence-corrected chi connectivity index (χ3v) is 2.54. The van der Waals surface area contributed by atoms with Gasteiger partial charge in [-0.1, -0.05) is 11.6 Å². The summed E-state index contributed by atoms with van der Waals surface area (Å²) in [5, 5.41) is 0. The molecular formula is C12H16O4. The zero-order chi connectivity index (χ0) is 12.0. The predicted octanol–water partition coefficient (Wildman–Crippen LogP) is 1.76. The van der Waals surface area contributed by atoms with Crippen molar-refractivity contribution in [2.24, 2.45) is 0 Å². The summed E-state index contributed by atoms with van der Waals surface area (Å²) in [6, 6.07) is 0. The first kappa shape index (κ1) is 12.5. The van der Waals surface area contributed by atoms with Crippen LogP contribution < -0.4 is 0 Å². The van der Waals surface area contributed by atoms with Crippen molar-refractivity contribution in [2.75, 3.05) is 14.2 Å². The molecule has 0 saturated heterocycles. The molecular weight excluding hydrogens is 208 g/mol. The Bertz CT molecular complexity index is 313. The monoisotopic (exact) mass is 224 g/mol. The van der Waals surface area contributed by atoms with Gasteiger partial charge in [0.25, 0.3) is 0 Å². The molecule has 0 radical (unpaired) electrons. The van der Waals surface area contributed by atoms with Gasteiger partial charge in [-0.3, -0.25) is 0 Å². The lowest BCUT2D eigenvalue weighted by Crippen LogP contribution is -2.15. The van der Waals surface area contributed by atoms with E-state index in [1.165, 1.54) is 38.7 Å². The number of allylic oxidation sites excluding steroid dienone is 3. The molecule has 4 heteroatoms. The topological polar surface area (TPSA) is 52.6 Å². The molecule has 0 aromatic rings. The Kier molecular flexibility index (Phi) is 4.76. The minimum atomic E-state index is -0.665.